The Morgan fingerprint density at radius 1 is 1.08 bits per heavy atom. The van der Waals surface area contributed by atoms with Crippen molar-refractivity contribution in [1.29, 1.82) is 0 Å². The van der Waals surface area contributed by atoms with Gasteiger partial charge in [-0.05, 0) is 24.1 Å². The van der Waals surface area contributed by atoms with Crippen molar-refractivity contribution in [3.63, 3.8) is 0 Å². The van der Waals surface area contributed by atoms with Crippen LogP contribution in [0.1, 0.15) is 20.8 Å². The van der Waals surface area contributed by atoms with Gasteiger partial charge in [-0.25, -0.2) is 4.39 Å². The van der Waals surface area contributed by atoms with Crippen LogP contribution in [0, 0.1) is 12.7 Å². The van der Waals surface area contributed by atoms with Gasteiger partial charge in [0.05, 0.1) is 12.0 Å². The van der Waals surface area contributed by atoms with Crippen LogP contribution in [-0.2, 0) is 11.2 Å². The number of nitrogens with two attached hydrogens (primary N) is 1. The number of benzene rings is 2. The minimum atomic E-state index is -0.616. The summed E-state index contributed by atoms with van der Waals surface area (Å²) in [4.78, 5) is 25.3. The first kappa shape index (κ1) is 17.8. The third-order valence-corrected chi connectivity index (χ3v) is 4.98. The van der Waals surface area contributed by atoms with Gasteiger partial charge in [-0.3, -0.25) is 9.59 Å². The summed E-state index contributed by atoms with van der Waals surface area (Å²) in [5.41, 5.74) is 7.71. The molecule has 3 N–H and O–H groups in total. The molecule has 0 aliphatic heterocycles. The van der Waals surface area contributed by atoms with Gasteiger partial charge in [0.25, 0.3) is 5.91 Å². The van der Waals surface area contributed by atoms with Crippen molar-refractivity contribution in [2.45, 2.75) is 13.3 Å². The maximum Gasteiger partial charge on any atom is 0.252 e. The first-order valence-corrected chi connectivity index (χ1v) is 8.81. The van der Waals surface area contributed by atoms with Crippen molar-refractivity contribution in [2.24, 2.45) is 5.73 Å². The predicted octanol–water partition coefficient (Wildman–Crippen LogP) is 4.14. The highest BCUT2D eigenvalue weighted by atomic mass is 32.1. The van der Waals surface area contributed by atoms with Crippen molar-refractivity contribution in [1.82, 2.24) is 0 Å². The topological polar surface area (TPSA) is 72.2 Å². The smallest absolute Gasteiger partial charge is 0.252 e. The lowest BCUT2D eigenvalue weighted by molar-refractivity contribution is -0.115. The summed E-state index contributed by atoms with van der Waals surface area (Å²) in [5, 5.41) is 3.10. The monoisotopic (exact) mass is 368 g/mol. The molecule has 0 unspecified atom stereocenters. The zero-order chi connectivity index (χ0) is 18.7. The standard InChI is InChI=1S/C20H17FN2O2S/c1-12-17(13-7-3-2-4-8-13)18(19(22)25)20(26-12)23-16(24)11-14-9-5-6-10-15(14)21/h2-10H,11H2,1H3,(H2,22,25)(H,23,24). The van der Waals surface area contributed by atoms with Gasteiger partial charge in [-0.2, -0.15) is 0 Å². The number of nitrogens with one attached hydrogen (secondary N) is 1. The van der Waals surface area contributed by atoms with Crippen molar-refractivity contribution >= 4 is 28.2 Å². The first-order valence-electron chi connectivity index (χ1n) is 7.99. The highest BCUT2D eigenvalue weighted by Gasteiger charge is 2.22. The zero-order valence-corrected chi connectivity index (χ0v) is 14.9. The van der Waals surface area contributed by atoms with Crippen molar-refractivity contribution in [3.8, 4) is 11.1 Å². The van der Waals surface area contributed by atoms with Crippen LogP contribution in [0.5, 0.6) is 0 Å². The second-order valence-corrected chi connectivity index (χ2v) is 7.01. The van der Waals surface area contributed by atoms with E-state index in [-0.39, 0.29) is 12.0 Å². The van der Waals surface area contributed by atoms with Gasteiger partial charge in [0.2, 0.25) is 5.91 Å². The van der Waals surface area contributed by atoms with Gasteiger partial charge >= 0.3 is 0 Å². The lowest BCUT2D eigenvalue weighted by Crippen LogP contribution is -2.19. The van der Waals surface area contributed by atoms with Crippen LogP contribution < -0.4 is 11.1 Å². The van der Waals surface area contributed by atoms with Crippen LogP contribution in [-0.4, -0.2) is 11.8 Å². The van der Waals surface area contributed by atoms with E-state index in [4.69, 9.17) is 5.73 Å². The van der Waals surface area contributed by atoms with Crippen LogP contribution in [0.25, 0.3) is 11.1 Å². The summed E-state index contributed by atoms with van der Waals surface area (Å²) in [6.45, 7) is 1.87. The third-order valence-electron chi connectivity index (χ3n) is 3.95. The van der Waals surface area contributed by atoms with Gasteiger partial charge in [0.15, 0.2) is 0 Å². The Morgan fingerprint density at radius 3 is 2.38 bits per heavy atom. The lowest BCUT2D eigenvalue weighted by Gasteiger charge is -2.07. The number of anilines is 1. The summed E-state index contributed by atoms with van der Waals surface area (Å²) in [7, 11) is 0. The number of hydrogen-bond donors (Lipinski definition) is 2. The highest BCUT2D eigenvalue weighted by Crippen LogP contribution is 2.39. The van der Waals surface area contributed by atoms with E-state index in [9.17, 15) is 14.0 Å². The van der Waals surface area contributed by atoms with Gasteiger partial charge in [-0.15, -0.1) is 11.3 Å². The number of carbonyl (C=O) groups is 2. The molecule has 0 aliphatic carbocycles. The number of amides is 2. The van der Waals surface area contributed by atoms with Crippen molar-refractivity contribution < 1.29 is 14.0 Å². The quantitative estimate of drug-likeness (QED) is 0.710. The average Bonchev–Trinajstić information content (AvgIpc) is 2.93. The second kappa shape index (κ2) is 7.49. The molecule has 2 aromatic carbocycles. The predicted molar refractivity (Wildman–Crippen MR) is 102 cm³/mol. The van der Waals surface area contributed by atoms with Crippen LogP contribution in [0.2, 0.25) is 0 Å². The summed E-state index contributed by atoms with van der Waals surface area (Å²) in [6, 6.07) is 15.5. The van der Waals surface area contributed by atoms with E-state index >= 15 is 0 Å². The SMILES string of the molecule is Cc1sc(NC(=O)Cc2ccccc2F)c(C(N)=O)c1-c1ccccc1. The number of rotatable bonds is 5. The largest absolute Gasteiger partial charge is 0.365 e. The van der Waals surface area contributed by atoms with Gasteiger partial charge in [0.1, 0.15) is 10.8 Å². The van der Waals surface area contributed by atoms with E-state index < -0.39 is 17.6 Å². The molecule has 0 saturated heterocycles. The second-order valence-electron chi connectivity index (χ2n) is 5.78. The summed E-state index contributed by atoms with van der Waals surface area (Å²) in [5.74, 6) is -1.46. The molecule has 0 aliphatic rings. The number of primary amides is 1. The Balaban J connectivity index is 1.92. The maximum absolute atomic E-state index is 13.7. The molecule has 2 amide bonds. The minimum absolute atomic E-state index is 0.123. The first-order chi connectivity index (χ1) is 12.5. The molecule has 26 heavy (non-hydrogen) atoms. The molecule has 0 atom stereocenters. The fourth-order valence-electron chi connectivity index (χ4n) is 2.81. The molecule has 3 rings (SSSR count). The molecule has 0 spiro atoms. The minimum Gasteiger partial charge on any atom is -0.365 e. The van der Waals surface area contributed by atoms with E-state index in [0.717, 1.165) is 10.4 Å². The van der Waals surface area contributed by atoms with Gasteiger partial charge in [0, 0.05) is 10.4 Å². The summed E-state index contributed by atoms with van der Waals surface area (Å²) >= 11 is 1.28. The fraction of sp³-hybridized carbons (Fsp3) is 0.100. The van der Waals surface area contributed by atoms with E-state index in [1.54, 1.807) is 18.2 Å². The molecule has 1 heterocycles. The van der Waals surface area contributed by atoms with Crippen molar-refractivity contribution in [2.75, 3.05) is 5.32 Å². The lowest BCUT2D eigenvalue weighted by atomic mass is 10.0. The van der Waals surface area contributed by atoms with E-state index in [0.29, 0.717) is 16.1 Å². The highest BCUT2D eigenvalue weighted by molar-refractivity contribution is 7.17. The summed E-state index contributed by atoms with van der Waals surface area (Å²) in [6.07, 6.45) is -0.123. The number of carbonyl (C=O) groups excluding carboxylic acids is 2. The molecule has 0 fully saturated rings. The zero-order valence-electron chi connectivity index (χ0n) is 14.1. The Morgan fingerprint density at radius 2 is 1.73 bits per heavy atom. The van der Waals surface area contributed by atoms with E-state index in [2.05, 4.69) is 5.32 Å². The number of aryl methyl sites for hydroxylation is 1. The Hall–Kier alpha value is -2.99. The molecule has 3 aromatic rings. The van der Waals surface area contributed by atoms with Crippen molar-refractivity contribution in [3.05, 3.63) is 76.4 Å². The molecule has 1 aromatic heterocycles. The molecule has 132 valence electrons. The molecule has 4 nitrogen and oxygen atoms in total. The van der Waals surface area contributed by atoms with Crippen LogP contribution in [0.15, 0.2) is 54.6 Å². The van der Waals surface area contributed by atoms with Gasteiger partial charge < -0.3 is 11.1 Å². The number of thiophene rings is 1. The normalized spacial score (nSPS) is 10.5. The molecule has 0 saturated carbocycles. The fourth-order valence-corrected chi connectivity index (χ4v) is 3.90. The summed E-state index contributed by atoms with van der Waals surface area (Å²) < 4.78 is 13.7. The van der Waals surface area contributed by atoms with Crippen LogP contribution >= 0.6 is 11.3 Å². The molecular formula is C20H17FN2O2S. The van der Waals surface area contributed by atoms with Crippen LogP contribution in [0.3, 0.4) is 0 Å². The van der Waals surface area contributed by atoms with Crippen LogP contribution in [0.4, 0.5) is 9.39 Å². The van der Waals surface area contributed by atoms with Gasteiger partial charge in [-0.1, -0.05) is 48.5 Å². The molecule has 6 heteroatoms. The number of halogens is 1. The maximum atomic E-state index is 13.7. The Labute approximate surface area is 154 Å². The third kappa shape index (κ3) is 3.65. The molecule has 0 bridgehead atoms. The van der Waals surface area contributed by atoms with E-state index in [1.807, 2.05) is 37.3 Å². The molecular weight excluding hydrogens is 351 g/mol. The average molecular weight is 368 g/mol. The Kier molecular flexibility index (Phi) is 5.14. The molecule has 0 radical (unpaired) electrons. The number of hydrogen-bond acceptors (Lipinski definition) is 3. The van der Waals surface area contributed by atoms with E-state index in [1.165, 1.54) is 17.4 Å². The Bertz CT molecular complexity index is 967.